The number of ether oxygens (including phenoxy) is 3. The molecule has 0 aliphatic carbocycles. The average molecular weight is 651 g/mol. The van der Waals surface area contributed by atoms with Crippen LogP contribution in [0.4, 0.5) is 24.7 Å². The van der Waals surface area contributed by atoms with E-state index >= 15 is 0 Å². The molecule has 12 heteroatoms. The molecule has 0 radical (unpaired) electrons. The lowest BCUT2D eigenvalue weighted by molar-refractivity contribution is -0.213. The van der Waals surface area contributed by atoms with Gasteiger partial charge in [0, 0.05) is 29.4 Å². The molecule has 248 valence electrons. The zero-order chi connectivity index (χ0) is 34.4. The summed E-state index contributed by atoms with van der Waals surface area (Å²) in [5, 5.41) is 6.66. The number of hydrogen-bond acceptors (Lipinski definition) is 8. The van der Waals surface area contributed by atoms with Crippen LogP contribution >= 0.6 is 0 Å². The molecule has 1 amide bonds. The summed E-state index contributed by atoms with van der Waals surface area (Å²) in [7, 11) is 0. The molecule has 0 bridgehead atoms. The molecule has 4 aromatic rings. The zero-order valence-electron chi connectivity index (χ0n) is 26.7. The van der Waals surface area contributed by atoms with Crippen molar-refractivity contribution in [2.75, 3.05) is 17.7 Å². The number of hydrogen-bond donors (Lipinski definition) is 3. The SMILES string of the molecule is CCOc1cc(C(Nc2ccc3c(N)nccc3c2)(OC(=O)C(F)(F)F)C(=O)NCc2ccccc2C=C(C)C)ccc1OC(C)C. The van der Waals surface area contributed by atoms with Crippen molar-refractivity contribution in [1.82, 2.24) is 10.3 Å². The van der Waals surface area contributed by atoms with Crippen molar-refractivity contribution in [3.63, 3.8) is 0 Å². The number of nitrogens with one attached hydrogen (secondary N) is 2. The largest absolute Gasteiger partial charge is 0.491 e. The molecule has 4 N–H and O–H groups in total. The van der Waals surface area contributed by atoms with Gasteiger partial charge in [-0.05, 0) is 93.6 Å². The summed E-state index contributed by atoms with van der Waals surface area (Å²) in [6.45, 7) is 9.21. The van der Waals surface area contributed by atoms with E-state index in [1.54, 1.807) is 51.1 Å². The van der Waals surface area contributed by atoms with Gasteiger partial charge in [-0.2, -0.15) is 13.2 Å². The maximum atomic E-state index is 14.4. The third kappa shape index (κ3) is 8.32. The topological polar surface area (TPSA) is 125 Å². The first-order chi connectivity index (χ1) is 22.2. The highest BCUT2D eigenvalue weighted by Crippen LogP contribution is 2.38. The fourth-order valence-electron chi connectivity index (χ4n) is 4.86. The number of halogens is 3. The number of benzene rings is 3. The van der Waals surface area contributed by atoms with E-state index < -0.39 is 23.8 Å². The van der Waals surface area contributed by atoms with Gasteiger partial charge in [0.2, 0.25) is 0 Å². The van der Waals surface area contributed by atoms with Gasteiger partial charge in [-0.15, -0.1) is 0 Å². The number of rotatable bonds is 12. The smallest absolute Gasteiger partial charge is 0.490 e. The highest BCUT2D eigenvalue weighted by atomic mass is 19.4. The zero-order valence-corrected chi connectivity index (χ0v) is 26.7. The predicted molar refractivity (Wildman–Crippen MR) is 175 cm³/mol. The number of carbonyl (C=O) groups is 2. The van der Waals surface area contributed by atoms with E-state index in [2.05, 4.69) is 15.6 Å². The van der Waals surface area contributed by atoms with E-state index in [-0.39, 0.29) is 47.8 Å². The number of alkyl halides is 3. The summed E-state index contributed by atoms with van der Waals surface area (Å²) in [6, 6.07) is 17.6. The summed E-state index contributed by atoms with van der Waals surface area (Å²) in [4.78, 5) is 31.0. The molecule has 0 saturated heterocycles. The van der Waals surface area contributed by atoms with Gasteiger partial charge >= 0.3 is 12.1 Å². The first kappa shape index (κ1) is 34.6. The summed E-state index contributed by atoms with van der Waals surface area (Å²) in [6.07, 6.45) is -2.32. The number of anilines is 2. The van der Waals surface area contributed by atoms with Gasteiger partial charge in [0.1, 0.15) is 5.82 Å². The third-order valence-electron chi connectivity index (χ3n) is 6.86. The minimum atomic E-state index is -5.43. The number of fused-ring (bicyclic) bond motifs is 1. The second-order valence-electron chi connectivity index (χ2n) is 11.2. The van der Waals surface area contributed by atoms with Crippen LogP contribution in [-0.2, 0) is 26.6 Å². The van der Waals surface area contributed by atoms with E-state index in [1.165, 1.54) is 30.5 Å². The van der Waals surface area contributed by atoms with Crippen molar-refractivity contribution in [3.05, 3.63) is 95.2 Å². The number of amides is 1. The van der Waals surface area contributed by atoms with Crippen molar-refractivity contribution in [2.45, 2.75) is 59.2 Å². The van der Waals surface area contributed by atoms with Crippen LogP contribution in [0.3, 0.4) is 0 Å². The fraction of sp³-hybridized carbons (Fsp3) is 0.286. The lowest BCUT2D eigenvalue weighted by Gasteiger charge is -2.35. The maximum Gasteiger partial charge on any atom is 0.491 e. The molecule has 0 aliphatic heterocycles. The highest BCUT2D eigenvalue weighted by molar-refractivity contribution is 5.96. The number of pyridine rings is 1. The Morgan fingerprint density at radius 1 is 1.00 bits per heavy atom. The molecule has 0 saturated carbocycles. The molecule has 4 rings (SSSR count). The van der Waals surface area contributed by atoms with Crippen molar-refractivity contribution < 1.29 is 37.0 Å². The molecule has 0 spiro atoms. The van der Waals surface area contributed by atoms with Crippen molar-refractivity contribution >= 4 is 40.2 Å². The van der Waals surface area contributed by atoms with Crippen LogP contribution in [0.1, 0.15) is 51.3 Å². The first-order valence-corrected chi connectivity index (χ1v) is 14.9. The quantitative estimate of drug-likeness (QED) is 0.109. The molecule has 47 heavy (non-hydrogen) atoms. The Balaban J connectivity index is 1.91. The van der Waals surface area contributed by atoms with Crippen LogP contribution in [0.15, 0.2) is 78.5 Å². The molecule has 1 atom stereocenters. The monoisotopic (exact) mass is 650 g/mol. The predicted octanol–water partition coefficient (Wildman–Crippen LogP) is 7.11. The maximum absolute atomic E-state index is 14.4. The molecular weight excluding hydrogens is 613 g/mol. The van der Waals surface area contributed by atoms with E-state index in [9.17, 15) is 22.8 Å². The lowest BCUT2D eigenvalue weighted by atomic mass is 9.98. The molecule has 9 nitrogen and oxygen atoms in total. The second-order valence-corrected chi connectivity index (χ2v) is 11.2. The minimum absolute atomic E-state index is 0.0986. The van der Waals surface area contributed by atoms with Gasteiger partial charge in [-0.25, -0.2) is 9.78 Å². The van der Waals surface area contributed by atoms with E-state index in [4.69, 9.17) is 19.9 Å². The van der Waals surface area contributed by atoms with Gasteiger partial charge in [0.25, 0.3) is 11.6 Å². The Labute approximate surface area is 270 Å². The number of allylic oxidation sites excluding steroid dienone is 1. The summed E-state index contributed by atoms with van der Waals surface area (Å²) >= 11 is 0. The van der Waals surface area contributed by atoms with E-state index in [0.717, 1.165) is 11.1 Å². The standard InChI is InChI=1S/C35H37F3N4O5/c1-6-45-30-19-26(11-14-29(30)46-22(4)5)34(47-33(44)35(36,37)38,42-27-12-13-28-24(18-27)15-16-40-31(28)39)32(43)41-20-25-10-8-7-9-23(25)17-21(2)3/h7-19,22,42H,6,20H2,1-5H3,(H2,39,40)(H,41,43). The number of carbonyl (C=O) groups excluding carboxylic acids is 2. The third-order valence-corrected chi connectivity index (χ3v) is 6.86. The van der Waals surface area contributed by atoms with Crippen molar-refractivity contribution in [3.8, 4) is 11.5 Å². The Bertz CT molecular complexity index is 1790. The number of nitrogen functional groups attached to an aromatic ring is 1. The van der Waals surface area contributed by atoms with Gasteiger partial charge in [0.05, 0.1) is 12.7 Å². The van der Waals surface area contributed by atoms with Crippen LogP contribution in [0.25, 0.3) is 16.8 Å². The molecule has 1 aromatic heterocycles. The van der Waals surface area contributed by atoms with Crippen LogP contribution in [-0.4, -0.2) is 35.7 Å². The van der Waals surface area contributed by atoms with E-state index in [1.807, 2.05) is 32.1 Å². The summed E-state index contributed by atoms with van der Waals surface area (Å²) in [5.74, 6) is -3.01. The normalized spacial score (nSPS) is 12.6. The van der Waals surface area contributed by atoms with Gasteiger partial charge in [-0.1, -0.05) is 35.9 Å². The molecule has 1 heterocycles. The van der Waals surface area contributed by atoms with E-state index in [0.29, 0.717) is 16.3 Å². The van der Waals surface area contributed by atoms with Gasteiger partial charge in [0.15, 0.2) is 11.5 Å². The Morgan fingerprint density at radius 3 is 2.43 bits per heavy atom. The molecule has 0 fully saturated rings. The Hall–Kier alpha value is -5.26. The van der Waals surface area contributed by atoms with Crippen LogP contribution < -0.4 is 25.8 Å². The molecule has 3 aromatic carbocycles. The van der Waals surface area contributed by atoms with Gasteiger partial charge < -0.3 is 30.6 Å². The Morgan fingerprint density at radius 2 is 1.74 bits per heavy atom. The van der Waals surface area contributed by atoms with Crippen LogP contribution in [0.5, 0.6) is 11.5 Å². The molecular formula is C35H37F3N4O5. The highest BCUT2D eigenvalue weighted by Gasteiger charge is 2.52. The average Bonchev–Trinajstić information content (AvgIpc) is 3.00. The second kappa shape index (κ2) is 14.4. The number of esters is 1. The number of nitrogens with two attached hydrogens (primary N) is 1. The van der Waals surface area contributed by atoms with Crippen LogP contribution in [0.2, 0.25) is 0 Å². The van der Waals surface area contributed by atoms with Crippen molar-refractivity contribution in [2.24, 2.45) is 0 Å². The minimum Gasteiger partial charge on any atom is -0.490 e. The number of nitrogens with zero attached hydrogens (tertiary/aromatic N) is 1. The summed E-state index contributed by atoms with van der Waals surface area (Å²) < 4.78 is 58.4. The number of aromatic nitrogens is 1. The Kier molecular flexibility index (Phi) is 10.6. The molecule has 0 aliphatic rings. The molecule has 1 unspecified atom stereocenters. The fourth-order valence-corrected chi connectivity index (χ4v) is 4.86. The van der Waals surface area contributed by atoms with Crippen molar-refractivity contribution in [1.29, 1.82) is 0 Å². The van der Waals surface area contributed by atoms with Crippen LogP contribution in [0, 0.1) is 0 Å². The first-order valence-electron chi connectivity index (χ1n) is 14.9. The summed E-state index contributed by atoms with van der Waals surface area (Å²) in [5.41, 5.74) is 5.73. The lowest BCUT2D eigenvalue weighted by Crippen LogP contribution is -2.54. The van der Waals surface area contributed by atoms with Gasteiger partial charge in [-0.3, -0.25) is 4.79 Å².